The summed E-state index contributed by atoms with van der Waals surface area (Å²) in [6.07, 6.45) is 5.90. The molecule has 4 atom stereocenters. The summed E-state index contributed by atoms with van der Waals surface area (Å²) in [6, 6.07) is 10.3. The van der Waals surface area contributed by atoms with Gasteiger partial charge in [0.2, 0.25) is 5.91 Å². The van der Waals surface area contributed by atoms with Crippen molar-refractivity contribution < 1.29 is 4.79 Å². The van der Waals surface area contributed by atoms with Crippen molar-refractivity contribution in [3.05, 3.63) is 35.4 Å². The van der Waals surface area contributed by atoms with Gasteiger partial charge < -0.3 is 10.2 Å². The minimum absolute atomic E-state index is 0. The van der Waals surface area contributed by atoms with Gasteiger partial charge in [0.1, 0.15) is 0 Å². The second kappa shape index (κ2) is 8.55. The molecule has 140 valence electrons. The Morgan fingerprint density at radius 3 is 2.20 bits per heavy atom. The number of nitrogens with zero attached hydrogens (tertiary/aromatic N) is 1. The van der Waals surface area contributed by atoms with Crippen LogP contribution in [-0.2, 0) is 11.2 Å². The van der Waals surface area contributed by atoms with E-state index in [0.29, 0.717) is 24.0 Å². The Bertz CT molecular complexity index is 558. The highest BCUT2D eigenvalue weighted by atomic mass is 35.5. The highest BCUT2D eigenvalue weighted by molar-refractivity contribution is 5.85. The van der Waals surface area contributed by atoms with Crippen molar-refractivity contribution in [3.63, 3.8) is 0 Å². The van der Waals surface area contributed by atoms with E-state index in [1.54, 1.807) is 0 Å². The smallest absolute Gasteiger partial charge is 0.227 e. The molecule has 0 aliphatic carbocycles. The lowest BCUT2D eigenvalue weighted by Crippen LogP contribution is -2.49. The van der Waals surface area contributed by atoms with Gasteiger partial charge in [0.15, 0.2) is 0 Å². The number of fused-ring (bicyclic) bond motifs is 2. The standard InChI is InChI=1S/C21H32N2O.ClH/c1-14(2)11-16-5-7-17(8-6-16)15(3)21(24)22-18-12-19-9-10-20(13-18)23(19)4;/h5-8,14-15,18-20H,9-13H2,1-4H3,(H,22,24);1H/t15?,18?,19-,20?;/m1./s1. The van der Waals surface area contributed by atoms with Crippen molar-refractivity contribution in [1.29, 1.82) is 0 Å². The number of benzene rings is 1. The fraction of sp³-hybridized carbons (Fsp3) is 0.667. The molecular weight excluding hydrogens is 332 g/mol. The van der Waals surface area contributed by atoms with Crippen LogP contribution < -0.4 is 5.32 Å². The molecular formula is C21H33ClN2O. The van der Waals surface area contributed by atoms with Gasteiger partial charge in [-0.25, -0.2) is 0 Å². The maximum Gasteiger partial charge on any atom is 0.227 e. The third kappa shape index (κ3) is 4.77. The largest absolute Gasteiger partial charge is 0.353 e. The number of carbonyl (C=O) groups is 1. The van der Waals surface area contributed by atoms with Gasteiger partial charge in [-0.15, -0.1) is 12.4 Å². The van der Waals surface area contributed by atoms with Crippen LogP contribution in [-0.4, -0.2) is 36.0 Å². The maximum absolute atomic E-state index is 12.7. The van der Waals surface area contributed by atoms with Crippen molar-refractivity contribution >= 4 is 18.3 Å². The second-order valence-electron chi connectivity index (χ2n) is 8.29. The fourth-order valence-electron chi connectivity index (χ4n) is 4.42. The van der Waals surface area contributed by atoms with Gasteiger partial charge in [-0.1, -0.05) is 38.1 Å². The lowest BCUT2D eigenvalue weighted by molar-refractivity contribution is -0.123. The minimum atomic E-state index is -0.0737. The summed E-state index contributed by atoms with van der Waals surface area (Å²) in [6.45, 7) is 6.49. The zero-order chi connectivity index (χ0) is 17.3. The molecule has 4 heteroatoms. The summed E-state index contributed by atoms with van der Waals surface area (Å²) in [4.78, 5) is 15.2. The number of amides is 1. The van der Waals surface area contributed by atoms with Crippen LogP contribution in [0.15, 0.2) is 24.3 Å². The summed E-state index contributed by atoms with van der Waals surface area (Å²) in [5.74, 6) is 0.771. The Morgan fingerprint density at radius 1 is 1.12 bits per heavy atom. The van der Waals surface area contributed by atoms with Crippen LogP contribution in [0.5, 0.6) is 0 Å². The third-order valence-corrected chi connectivity index (χ3v) is 5.96. The predicted molar refractivity (Wildman–Crippen MR) is 106 cm³/mol. The van der Waals surface area contributed by atoms with Gasteiger partial charge in [-0.2, -0.15) is 0 Å². The molecule has 3 nitrogen and oxygen atoms in total. The molecule has 2 bridgehead atoms. The summed E-state index contributed by atoms with van der Waals surface area (Å²) < 4.78 is 0. The number of halogens is 1. The Labute approximate surface area is 159 Å². The lowest BCUT2D eigenvalue weighted by atomic mass is 9.94. The highest BCUT2D eigenvalue weighted by Gasteiger charge is 2.39. The molecule has 25 heavy (non-hydrogen) atoms. The van der Waals surface area contributed by atoms with Crippen LogP contribution in [0.1, 0.15) is 63.5 Å². The van der Waals surface area contributed by atoms with Crippen LogP contribution in [0.3, 0.4) is 0 Å². The highest BCUT2D eigenvalue weighted by Crippen LogP contribution is 2.34. The van der Waals surface area contributed by atoms with Crippen LogP contribution in [0.25, 0.3) is 0 Å². The lowest BCUT2D eigenvalue weighted by Gasteiger charge is -2.37. The molecule has 1 aromatic rings. The molecule has 2 heterocycles. The zero-order valence-corrected chi connectivity index (χ0v) is 16.8. The number of rotatable bonds is 5. The molecule has 1 amide bonds. The van der Waals surface area contributed by atoms with Crippen LogP contribution in [0.2, 0.25) is 0 Å². The van der Waals surface area contributed by atoms with E-state index in [-0.39, 0.29) is 24.2 Å². The molecule has 2 saturated heterocycles. The van der Waals surface area contributed by atoms with Crippen molar-refractivity contribution in [2.45, 2.75) is 76.9 Å². The molecule has 0 spiro atoms. The Kier molecular flexibility index (Phi) is 6.93. The number of hydrogen-bond donors (Lipinski definition) is 1. The molecule has 2 fully saturated rings. The van der Waals surface area contributed by atoms with Gasteiger partial charge in [0.05, 0.1) is 5.92 Å². The molecule has 2 aliphatic heterocycles. The molecule has 1 N–H and O–H groups in total. The summed E-state index contributed by atoms with van der Waals surface area (Å²) in [7, 11) is 2.24. The number of nitrogens with one attached hydrogen (secondary N) is 1. The number of carbonyl (C=O) groups excluding carboxylic acids is 1. The third-order valence-electron chi connectivity index (χ3n) is 5.96. The fourth-order valence-corrected chi connectivity index (χ4v) is 4.42. The second-order valence-corrected chi connectivity index (χ2v) is 8.29. The average molecular weight is 365 g/mol. The van der Waals surface area contributed by atoms with Gasteiger partial charge >= 0.3 is 0 Å². The summed E-state index contributed by atoms with van der Waals surface area (Å²) in [5, 5.41) is 3.32. The molecule has 1 aromatic carbocycles. The number of piperidine rings is 1. The Morgan fingerprint density at radius 2 is 1.68 bits per heavy atom. The van der Waals surface area contributed by atoms with Crippen molar-refractivity contribution in [3.8, 4) is 0 Å². The van der Waals surface area contributed by atoms with E-state index in [0.717, 1.165) is 24.8 Å². The van der Waals surface area contributed by atoms with Crippen LogP contribution in [0, 0.1) is 5.92 Å². The molecule has 3 unspecified atom stereocenters. The van der Waals surface area contributed by atoms with Gasteiger partial charge in [-0.05, 0) is 63.1 Å². The monoisotopic (exact) mass is 364 g/mol. The molecule has 0 aromatic heterocycles. The average Bonchev–Trinajstić information content (AvgIpc) is 2.75. The first-order valence-corrected chi connectivity index (χ1v) is 9.55. The van der Waals surface area contributed by atoms with Gasteiger partial charge in [-0.3, -0.25) is 4.79 Å². The summed E-state index contributed by atoms with van der Waals surface area (Å²) in [5.41, 5.74) is 2.48. The van der Waals surface area contributed by atoms with Crippen molar-refractivity contribution in [1.82, 2.24) is 10.2 Å². The van der Waals surface area contributed by atoms with Crippen LogP contribution >= 0.6 is 12.4 Å². The topological polar surface area (TPSA) is 32.3 Å². The predicted octanol–water partition coefficient (Wildman–Crippen LogP) is 4.15. The van der Waals surface area contributed by atoms with Gasteiger partial charge in [0.25, 0.3) is 0 Å². The van der Waals surface area contributed by atoms with Crippen molar-refractivity contribution in [2.24, 2.45) is 5.92 Å². The quantitative estimate of drug-likeness (QED) is 0.851. The van der Waals surface area contributed by atoms with E-state index in [1.807, 2.05) is 6.92 Å². The van der Waals surface area contributed by atoms with Gasteiger partial charge in [0, 0.05) is 18.1 Å². The zero-order valence-electron chi connectivity index (χ0n) is 16.0. The van der Waals surface area contributed by atoms with E-state index in [9.17, 15) is 4.79 Å². The SMILES string of the molecule is CC(C)Cc1ccc(C(C)C(=O)NC2CC3CC[C@H](C2)N3C)cc1.Cl. The Hall–Kier alpha value is -1.06. The van der Waals surface area contributed by atoms with E-state index < -0.39 is 0 Å². The van der Waals surface area contributed by atoms with E-state index in [4.69, 9.17) is 0 Å². The van der Waals surface area contributed by atoms with Crippen molar-refractivity contribution in [2.75, 3.05) is 7.05 Å². The minimum Gasteiger partial charge on any atom is -0.353 e. The molecule has 0 saturated carbocycles. The molecule has 0 radical (unpaired) electrons. The maximum atomic E-state index is 12.7. The first-order valence-electron chi connectivity index (χ1n) is 9.55. The number of hydrogen-bond acceptors (Lipinski definition) is 2. The molecule has 2 aliphatic rings. The Balaban J connectivity index is 0.00000225. The normalized spacial score (nSPS) is 27.0. The molecule has 3 rings (SSSR count). The first kappa shape index (κ1) is 20.3. The van der Waals surface area contributed by atoms with Crippen LogP contribution in [0.4, 0.5) is 0 Å². The van der Waals surface area contributed by atoms with E-state index in [1.165, 1.54) is 18.4 Å². The van der Waals surface area contributed by atoms with E-state index >= 15 is 0 Å². The first-order chi connectivity index (χ1) is 11.4. The summed E-state index contributed by atoms with van der Waals surface area (Å²) >= 11 is 0. The van der Waals surface area contributed by atoms with E-state index in [2.05, 4.69) is 55.4 Å².